The lowest BCUT2D eigenvalue weighted by molar-refractivity contribution is -0.0832. The Morgan fingerprint density at radius 3 is 2.57 bits per heavy atom. The summed E-state index contributed by atoms with van der Waals surface area (Å²) in [5.41, 5.74) is 9.77. The first kappa shape index (κ1) is 21.6. The summed E-state index contributed by atoms with van der Waals surface area (Å²) in [4.78, 5) is 13.7. The number of nitrogens with zero attached hydrogens (tertiary/aromatic N) is 6. The van der Waals surface area contributed by atoms with E-state index in [-0.39, 0.29) is 13.1 Å². The van der Waals surface area contributed by atoms with Crippen molar-refractivity contribution < 1.29 is 5.11 Å². The van der Waals surface area contributed by atoms with E-state index in [1.165, 1.54) is 0 Å². The number of aryl methyl sites for hydroxylation is 1. The van der Waals surface area contributed by atoms with E-state index in [2.05, 4.69) is 15.0 Å². The van der Waals surface area contributed by atoms with Gasteiger partial charge in [-0.2, -0.15) is 0 Å². The molecule has 7 nitrogen and oxygen atoms in total. The molecule has 0 spiro atoms. The predicted octanol–water partition coefficient (Wildman–Crippen LogP) is 5.16. The van der Waals surface area contributed by atoms with Crippen LogP contribution in [0.2, 0.25) is 5.02 Å². The first-order valence-corrected chi connectivity index (χ1v) is 9.95. The summed E-state index contributed by atoms with van der Waals surface area (Å²) >= 11 is 6.08. The zero-order valence-electron chi connectivity index (χ0n) is 16.9. The van der Waals surface area contributed by atoms with Crippen LogP contribution in [-0.4, -0.2) is 35.3 Å². The highest BCUT2D eigenvalue weighted by Gasteiger charge is 2.51. The molecule has 0 radical (unpaired) electrons. The van der Waals surface area contributed by atoms with Gasteiger partial charge in [-0.05, 0) is 43.2 Å². The van der Waals surface area contributed by atoms with Crippen molar-refractivity contribution >= 4 is 23.8 Å². The van der Waals surface area contributed by atoms with Crippen LogP contribution < -0.4 is 0 Å². The minimum Gasteiger partial charge on any atom is -0.365 e. The average Bonchev–Trinajstić information content (AvgIpc) is 3.02. The smallest absolute Gasteiger partial charge is 0.224 e. The van der Waals surface area contributed by atoms with Crippen molar-refractivity contribution in [3.05, 3.63) is 92.8 Å². The molecular weight excluding hydrogens is 400 g/mol. The number of halogens is 1. The Balaban J connectivity index is 2.15. The largest absolute Gasteiger partial charge is 0.365 e. The lowest BCUT2D eigenvalue weighted by atomic mass is 9.89. The second kappa shape index (κ2) is 9.59. The fourth-order valence-corrected chi connectivity index (χ4v) is 3.52. The zero-order chi connectivity index (χ0) is 21.6. The van der Waals surface area contributed by atoms with Gasteiger partial charge in [0.2, 0.25) is 5.96 Å². The number of aliphatic imine (C=N–C) groups is 2. The first-order chi connectivity index (χ1) is 14.5. The van der Waals surface area contributed by atoms with Gasteiger partial charge >= 0.3 is 0 Å². The molecule has 0 aliphatic carbocycles. The van der Waals surface area contributed by atoms with Crippen LogP contribution in [0, 0.1) is 6.92 Å². The van der Waals surface area contributed by atoms with Gasteiger partial charge < -0.3 is 10.0 Å². The second-order valence-electron chi connectivity index (χ2n) is 6.89. The molecule has 2 unspecified atom stereocenters. The highest BCUT2D eigenvalue weighted by Crippen LogP contribution is 2.46. The summed E-state index contributed by atoms with van der Waals surface area (Å²) in [6.07, 6.45) is 5.26. The van der Waals surface area contributed by atoms with Gasteiger partial charge in [0.25, 0.3) is 0 Å². The lowest BCUT2D eigenvalue weighted by Gasteiger charge is -2.38. The molecule has 0 saturated carbocycles. The molecule has 1 aliphatic heterocycles. The molecule has 30 heavy (non-hydrogen) atoms. The van der Waals surface area contributed by atoms with E-state index in [0.29, 0.717) is 16.5 Å². The highest BCUT2D eigenvalue weighted by molar-refractivity contribution is 6.30. The van der Waals surface area contributed by atoms with Gasteiger partial charge in [0.1, 0.15) is 6.04 Å². The van der Waals surface area contributed by atoms with Crippen LogP contribution in [0.1, 0.15) is 29.7 Å². The monoisotopic (exact) mass is 422 g/mol. The van der Waals surface area contributed by atoms with E-state index >= 15 is 0 Å². The standard InChI is InChI=1S/C22H23ClN6O/c1-3-4-13-25-21-27-20(17-7-5-16(2)6-8-17)22(30,29(21)15-14-26-28-24)18-9-11-19(23)12-10-18/h3-13,20,30H,14-15H2,1-2H3/b4-3-,25-13-. The Bertz CT molecular complexity index is 1010. The minimum absolute atomic E-state index is 0.158. The van der Waals surface area contributed by atoms with Crippen molar-refractivity contribution in [3.8, 4) is 0 Å². The zero-order valence-corrected chi connectivity index (χ0v) is 17.6. The fraction of sp³-hybridized carbons (Fsp3) is 0.273. The van der Waals surface area contributed by atoms with Crippen LogP contribution in [0.5, 0.6) is 0 Å². The van der Waals surface area contributed by atoms with Gasteiger partial charge in [-0.1, -0.05) is 64.8 Å². The maximum Gasteiger partial charge on any atom is 0.224 e. The fourth-order valence-electron chi connectivity index (χ4n) is 3.40. The number of hydrogen-bond donors (Lipinski definition) is 1. The Labute approximate surface area is 180 Å². The van der Waals surface area contributed by atoms with Gasteiger partial charge in [0.05, 0.1) is 0 Å². The van der Waals surface area contributed by atoms with Crippen molar-refractivity contribution in [1.29, 1.82) is 0 Å². The van der Waals surface area contributed by atoms with Gasteiger partial charge in [-0.15, -0.1) is 0 Å². The van der Waals surface area contributed by atoms with Crippen molar-refractivity contribution in [2.75, 3.05) is 13.1 Å². The van der Waals surface area contributed by atoms with E-state index in [9.17, 15) is 5.11 Å². The van der Waals surface area contributed by atoms with E-state index < -0.39 is 11.8 Å². The van der Waals surface area contributed by atoms with Crippen molar-refractivity contribution in [1.82, 2.24) is 4.90 Å². The van der Waals surface area contributed by atoms with Crippen molar-refractivity contribution in [2.24, 2.45) is 15.1 Å². The van der Waals surface area contributed by atoms with Crippen LogP contribution in [0.15, 0.2) is 75.8 Å². The number of rotatable bonds is 6. The van der Waals surface area contributed by atoms with Crippen LogP contribution >= 0.6 is 11.6 Å². The molecule has 8 heteroatoms. The SMILES string of the molecule is C/C=C\C=N/C1=NC(c2ccc(C)cc2)C(O)(c2ccc(Cl)cc2)N1CCN=[N+]=[N-]. The van der Waals surface area contributed by atoms with Crippen LogP contribution in [-0.2, 0) is 5.72 Å². The van der Waals surface area contributed by atoms with Crippen LogP contribution in [0.25, 0.3) is 10.4 Å². The Morgan fingerprint density at radius 2 is 1.93 bits per heavy atom. The Hall–Kier alpha value is -3.12. The summed E-state index contributed by atoms with van der Waals surface area (Å²) in [6.45, 7) is 4.30. The topological polar surface area (TPSA) is 97.0 Å². The summed E-state index contributed by atoms with van der Waals surface area (Å²) < 4.78 is 0. The van der Waals surface area contributed by atoms with Crippen molar-refractivity contribution in [3.63, 3.8) is 0 Å². The quantitative estimate of drug-likeness (QED) is 0.301. The van der Waals surface area contributed by atoms with Gasteiger partial charge in [-0.3, -0.25) is 0 Å². The third-order valence-corrected chi connectivity index (χ3v) is 5.15. The van der Waals surface area contributed by atoms with Crippen LogP contribution in [0.3, 0.4) is 0 Å². The molecule has 0 amide bonds. The molecule has 1 N–H and O–H groups in total. The minimum atomic E-state index is -1.52. The van der Waals surface area contributed by atoms with E-state index in [1.54, 1.807) is 41.5 Å². The van der Waals surface area contributed by atoms with E-state index in [4.69, 9.17) is 22.1 Å². The van der Waals surface area contributed by atoms with Crippen molar-refractivity contribution in [2.45, 2.75) is 25.6 Å². The molecule has 3 rings (SSSR count). The summed E-state index contributed by atoms with van der Waals surface area (Å²) in [5, 5.41) is 16.3. The highest BCUT2D eigenvalue weighted by atomic mass is 35.5. The number of azide groups is 1. The van der Waals surface area contributed by atoms with Gasteiger partial charge in [-0.25, -0.2) is 9.98 Å². The third kappa shape index (κ3) is 4.39. The maximum atomic E-state index is 12.1. The van der Waals surface area contributed by atoms with E-state index in [1.807, 2.05) is 44.2 Å². The van der Waals surface area contributed by atoms with Crippen LogP contribution in [0.4, 0.5) is 0 Å². The number of aliphatic hydroxyl groups is 1. The Kier molecular flexibility index (Phi) is 6.90. The van der Waals surface area contributed by atoms with Gasteiger partial charge in [0.15, 0.2) is 5.72 Å². The van der Waals surface area contributed by atoms with Gasteiger partial charge in [0, 0.05) is 34.8 Å². The number of hydrogen-bond acceptors (Lipinski definition) is 5. The summed E-state index contributed by atoms with van der Waals surface area (Å²) in [6, 6.07) is 14.3. The molecule has 2 aromatic rings. The molecule has 1 heterocycles. The molecule has 0 fully saturated rings. The molecule has 2 atom stereocenters. The predicted molar refractivity (Wildman–Crippen MR) is 121 cm³/mol. The molecule has 0 aromatic heterocycles. The summed E-state index contributed by atoms with van der Waals surface area (Å²) in [5.74, 6) is 0.365. The van der Waals surface area contributed by atoms with E-state index in [0.717, 1.165) is 11.1 Å². The normalized spacial score (nSPS) is 21.3. The molecule has 2 aromatic carbocycles. The third-order valence-electron chi connectivity index (χ3n) is 4.90. The molecule has 154 valence electrons. The maximum absolute atomic E-state index is 12.1. The molecule has 1 aliphatic rings. The Morgan fingerprint density at radius 1 is 1.23 bits per heavy atom. The number of allylic oxidation sites excluding steroid dienone is 2. The first-order valence-electron chi connectivity index (χ1n) is 9.57. The number of benzene rings is 2. The molecule has 0 bridgehead atoms. The average molecular weight is 423 g/mol. The molecular formula is C22H23ClN6O. The second-order valence-corrected chi connectivity index (χ2v) is 7.32. The lowest BCUT2D eigenvalue weighted by Crippen LogP contribution is -2.48. The number of guanidine groups is 1. The summed E-state index contributed by atoms with van der Waals surface area (Å²) in [7, 11) is 0. The molecule has 0 saturated heterocycles.